The normalized spacial score (nSPS) is 20.5. The van der Waals surface area contributed by atoms with E-state index in [1.807, 2.05) is 12.1 Å². The Morgan fingerprint density at radius 1 is 1.10 bits per heavy atom. The van der Waals surface area contributed by atoms with Crippen molar-refractivity contribution in [3.8, 4) is 0 Å². The Kier molecular flexibility index (Phi) is 7.64. The van der Waals surface area contributed by atoms with Crippen LogP contribution in [0.4, 0.5) is 4.39 Å². The second-order valence-corrected chi connectivity index (χ2v) is 6.95. The highest BCUT2D eigenvalue weighted by Gasteiger charge is 2.29. The molecule has 0 saturated carbocycles. The minimum atomic E-state index is -0.686. The first kappa shape index (κ1) is 21.6. The standard InChI is InChI=1S/C22H24FN3O4/c23-17-3-1-16(2-4-17)22(29)26-19-6-5-18(30-20(19)14-27)13-21(28)25-12-9-15-7-10-24-11-8-15/h1-8,10-11,18-20,27H,9,12-14H2,(H,25,28)(H,26,29)/t18-,19+,20-/m0/s1. The van der Waals surface area contributed by atoms with Gasteiger partial charge < -0.3 is 20.5 Å². The molecule has 7 nitrogen and oxygen atoms in total. The molecule has 1 aromatic carbocycles. The van der Waals surface area contributed by atoms with Crippen LogP contribution in [-0.2, 0) is 16.0 Å². The molecule has 0 saturated heterocycles. The summed E-state index contributed by atoms with van der Waals surface area (Å²) in [4.78, 5) is 28.4. The van der Waals surface area contributed by atoms with Gasteiger partial charge in [-0.25, -0.2) is 4.39 Å². The molecule has 2 heterocycles. The number of nitrogens with zero attached hydrogens (tertiary/aromatic N) is 1. The lowest BCUT2D eigenvalue weighted by Gasteiger charge is -2.31. The third-order valence-electron chi connectivity index (χ3n) is 4.74. The van der Waals surface area contributed by atoms with Crippen molar-refractivity contribution in [3.05, 3.63) is 77.9 Å². The van der Waals surface area contributed by atoms with Gasteiger partial charge in [0.05, 0.1) is 25.2 Å². The van der Waals surface area contributed by atoms with Crippen LogP contribution in [0, 0.1) is 5.82 Å². The quantitative estimate of drug-likeness (QED) is 0.568. The summed E-state index contributed by atoms with van der Waals surface area (Å²) in [6, 6.07) is 8.40. The average Bonchev–Trinajstić information content (AvgIpc) is 2.76. The van der Waals surface area contributed by atoms with E-state index in [4.69, 9.17) is 4.74 Å². The van der Waals surface area contributed by atoms with Crippen molar-refractivity contribution >= 4 is 11.8 Å². The van der Waals surface area contributed by atoms with Gasteiger partial charge in [0.2, 0.25) is 5.91 Å². The Hall–Kier alpha value is -3.10. The van der Waals surface area contributed by atoms with Gasteiger partial charge in [0.25, 0.3) is 5.91 Å². The van der Waals surface area contributed by atoms with Gasteiger partial charge in [-0.1, -0.05) is 12.2 Å². The largest absolute Gasteiger partial charge is 0.394 e. The molecule has 3 atom stereocenters. The number of carbonyl (C=O) groups excluding carboxylic acids is 2. The highest BCUT2D eigenvalue weighted by atomic mass is 19.1. The lowest BCUT2D eigenvalue weighted by molar-refractivity contribution is -0.125. The van der Waals surface area contributed by atoms with Crippen molar-refractivity contribution in [1.29, 1.82) is 0 Å². The third-order valence-corrected chi connectivity index (χ3v) is 4.74. The molecule has 0 radical (unpaired) electrons. The van der Waals surface area contributed by atoms with E-state index < -0.39 is 30.0 Å². The first-order valence-corrected chi connectivity index (χ1v) is 9.72. The number of carbonyl (C=O) groups is 2. The molecule has 30 heavy (non-hydrogen) atoms. The van der Waals surface area contributed by atoms with Crippen LogP contribution in [0.5, 0.6) is 0 Å². The van der Waals surface area contributed by atoms with E-state index in [9.17, 15) is 19.1 Å². The van der Waals surface area contributed by atoms with Crippen LogP contribution in [0.15, 0.2) is 60.9 Å². The number of rotatable bonds is 8. The first-order valence-electron chi connectivity index (χ1n) is 9.72. The number of aliphatic hydroxyl groups is 1. The highest BCUT2D eigenvalue weighted by Crippen LogP contribution is 2.16. The Balaban J connectivity index is 1.48. The maximum Gasteiger partial charge on any atom is 0.251 e. The maximum absolute atomic E-state index is 13.0. The van der Waals surface area contributed by atoms with Crippen LogP contribution in [-0.4, -0.2) is 53.3 Å². The SMILES string of the molecule is O=C(C[C@@H]1C=C[C@@H](NC(=O)c2ccc(F)cc2)[C@H](CO)O1)NCCc1ccncc1. The van der Waals surface area contributed by atoms with Crippen LogP contribution in [0.3, 0.4) is 0 Å². The van der Waals surface area contributed by atoms with Crippen molar-refractivity contribution < 1.29 is 23.8 Å². The number of aliphatic hydroxyl groups excluding tert-OH is 1. The van der Waals surface area contributed by atoms with Crippen LogP contribution >= 0.6 is 0 Å². The average molecular weight is 413 g/mol. The molecule has 1 aliphatic heterocycles. The molecule has 1 aromatic heterocycles. The van der Waals surface area contributed by atoms with Crippen molar-refractivity contribution in [1.82, 2.24) is 15.6 Å². The van der Waals surface area contributed by atoms with Gasteiger partial charge in [-0.05, 0) is 48.4 Å². The molecule has 1 aliphatic rings. The van der Waals surface area contributed by atoms with E-state index >= 15 is 0 Å². The fraction of sp³-hybridized carbons (Fsp3) is 0.318. The summed E-state index contributed by atoms with van der Waals surface area (Å²) in [6.45, 7) is 0.179. The fourth-order valence-corrected chi connectivity index (χ4v) is 3.12. The second kappa shape index (κ2) is 10.6. The fourth-order valence-electron chi connectivity index (χ4n) is 3.12. The second-order valence-electron chi connectivity index (χ2n) is 6.95. The van der Waals surface area contributed by atoms with Gasteiger partial charge in [0.15, 0.2) is 0 Å². The number of halogens is 1. The summed E-state index contributed by atoms with van der Waals surface area (Å²) in [5, 5.41) is 15.2. The van der Waals surface area contributed by atoms with Gasteiger partial charge >= 0.3 is 0 Å². The Labute approximate surface area is 174 Å². The van der Waals surface area contributed by atoms with Crippen molar-refractivity contribution in [2.75, 3.05) is 13.2 Å². The van der Waals surface area contributed by atoms with E-state index in [2.05, 4.69) is 15.6 Å². The number of benzene rings is 1. The molecule has 3 N–H and O–H groups in total. The number of nitrogens with one attached hydrogen (secondary N) is 2. The van der Waals surface area contributed by atoms with Gasteiger partial charge in [-0.3, -0.25) is 14.6 Å². The van der Waals surface area contributed by atoms with E-state index in [0.29, 0.717) is 18.5 Å². The summed E-state index contributed by atoms with van der Waals surface area (Å²) >= 11 is 0. The Morgan fingerprint density at radius 2 is 1.83 bits per heavy atom. The minimum Gasteiger partial charge on any atom is -0.394 e. The number of hydrogen-bond acceptors (Lipinski definition) is 5. The molecule has 3 rings (SSSR count). The van der Waals surface area contributed by atoms with Crippen molar-refractivity contribution in [2.45, 2.75) is 31.1 Å². The molecule has 0 spiro atoms. The van der Waals surface area contributed by atoms with E-state index in [1.54, 1.807) is 24.5 Å². The number of hydrogen-bond donors (Lipinski definition) is 3. The number of amides is 2. The summed E-state index contributed by atoms with van der Waals surface area (Å²) < 4.78 is 18.8. The zero-order valence-electron chi connectivity index (χ0n) is 16.3. The summed E-state index contributed by atoms with van der Waals surface area (Å²) in [7, 11) is 0. The van der Waals surface area contributed by atoms with E-state index in [1.165, 1.54) is 24.3 Å². The Morgan fingerprint density at radius 3 is 2.53 bits per heavy atom. The Bertz CT molecular complexity index is 874. The summed E-state index contributed by atoms with van der Waals surface area (Å²) in [5.74, 6) is -0.995. The van der Waals surface area contributed by atoms with Crippen molar-refractivity contribution in [3.63, 3.8) is 0 Å². The van der Waals surface area contributed by atoms with Crippen LogP contribution in [0.2, 0.25) is 0 Å². The lowest BCUT2D eigenvalue weighted by Crippen LogP contribution is -2.49. The van der Waals surface area contributed by atoms with Crippen LogP contribution < -0.4 is 10.6 Å². The van der Waals surface area contributed by atoms with Gasteiger partial charge in [0, 0.05) is 24.5 Å². The molecule has 2 amide bonds. The van der Waals surface area contributed by atoms with E-state index in [0.717, 1.165) is 5.56 Å². The van der Waals surface area contributed by atoms with Gasteiger partial charge in [-0.2, -0.15) is 0 Å². The smallest absolute Gasteiger partial charge is 0.251 e. The molecule has 2 aromatic rings. The van der Waals surface area contributed by atoms with Gasteiger partial charge in [-0.15, -0.1) is 0 Å². The molecular formula is C22H24FN3O4. The number of aromatic nitrogens is 1. The topological polar surface area (TPSA) is 101 Å². The zero-order valence-corrected chi connectivity index (χ0v) is 16.3. The molecule has 8 heteroatoms. The first-order chi connectivity index (χ1) is 14.5. The maximum atomic E-state index is 13.0. The molecule has 0 fully saturated rings. The van der Waals surface area contributed by atoms with E-state index in [-0.39, 0.29) is 18.9 Å². The summed E-state index contributed by atoms with van der Waals surface area (Å²) in [6.07, 6.45) is 6.45. The van der Waals surface area contributed by atoms with Crippen LogP contribution in [0.1, 0.15) is 22.3 Å². The predicted molar refractivity (Wildman–Crippen MR) is 108 cm³/mol. The molecule has 158 valence electrons. The third kappa shape index (κ3) is 6.20. The highest BCUT2D eigenvalue weighted by molar-refractivity contribution is 5.94. The molecule has 0 aliphatic carbocycles. The van der Waals surface area contributed by atoms with Crippen LogP contribution in [0.25, 0.3) is 0 Å². The summed E-state index contributed by atoms with van der Waals surface area (Å²) in [5.41, 5.74) is 1.39. The van der Waals surface area contributed by atoms with Crippen molar-refractivity contribution in [2.24, 2.45) is 0 Å². The number of pyridine rings is 1. The lowest BCUT2D eigenvalue weighted by atomic mass is 10.0. The van der Waals surface area contributed by atoms with Gasteiger partial charge in [0.1, 0.15) is 11.9 Å². The molecular weight excluding hydrogens is 389 g/mol. The predicted octanol–water partition coefficient (Wildman–Crippen LogP) is 1.38. The molecule has 0 bridgehead atoms. The zero-order chi connectivity index (χ0) is 21.3. The monoisotopic (exact) mass is 413 g/mol. The number of ether oxygens (including phenoxy) is 1. The molecule has 0 unspecified atom stereocenters. The minimum absolute atomic E-state index is 0.113.